The third-order valence-corrected chi connectivity index (χ3v) is 14.2. The van der Waals surface area contributed by atoms with E-state index in [0.717, 1.165) is 11.1 Å². The van der Waals surface area contributed by atoms with E-state index in [9.17, 15) is 24.9 Å². The first-order valence-electron chi connectivity index (χ1n) is 18.2. The van der Waals surface area contributed by atoms with Gasteiger partial charge < -0.3 is 43.7 Å². The van der Waals surface area contributed by atoms with E-state index in [2.05, 4.69) is 5.32 Å². The first-order chi connectivity index (χ1) is 26.3. The van der Waals surface area contributed by atoms with E-state index in [0.29, 0.717) is 70.0 Å². The lowest BCUT2D eigenvalue weighted by molar-refractivity contribution is -0.186. The number of fused-ring (bicyclic) bond motifs is 9. The summed E-state index contributed by atoms with van der Waals surface area (Å²) in [7, 11) is 2.72. The van der Waals surface area contributed by atoms with Crippen molar-refractivity contribution in [2.45, 2.75) is 74.8 Å². The van der Waals surface area contributed by atoms with Crippen molar-refractivity contribution in [1.82, 2.24) is 15.1 Å². The summed E-state index contributed by atoms with van der Waals surface area (Å²) in [6, 6.07) is 2.16. The van der Waals surface area contributed by atoms with Gasteiger partial charge >= 0.3 is 11.9 Å². The Morgan fingerprint density at radius 2 is 1.78 bits per heavy atom. The second kappa shape index (κ2) is 12.7. The van der Waals surface area contributed by atoms with Gasteiger partial charge in [-0.2, -0.15) is 0 Å². The second-order valence-electron chi connectivity index (χ2n) is 15.1. The molecule has 15 nitrogen and oxygen atoms in total. The maximum absolute atomic E-state index is 15.9. The summed E-state index contributed by atoms with van der Waals surface area (Å²) < 4.78 is 51.5. The molecule has 0 amide bonds. The molecule has 7 aliphatic rings. The minimum atomic E-state index is -2.06. The average molecular weight is 778 g/mol. The number of aryl methyl sites for hydroxylation is 1. The predicted octanol–water partition coefficient (Wildman–Crippen LogP) is 2.43. The van der Waals surface area contributed by atoms with Crippen LogP contribution in [-0.4, -0.2) is 107 Å². The van der Waals surface area contributed by atoms with E-state index >= 15 is 4.21 Å². The maximum Gasteiger partial charge on any atom is 0.332 e. The molecule has 16 heteroatoms. The highest BCUT2D eigenvalue weighted by Gasteiger charge is 2.63. The first kappa shape index (κ1) is 36.1. The zero-order valence-corrected chi connectivity index (χ0v) is 32.1. The number of methoxy groups -OCH3 is 2. The lowest BCUT2D eigenvalue weighted by atomic mass is 9.73. The van der Waals surface area contributed by atoms with Crippen LogP contribution in [0.5, 0.6) is 40.2 Å². The molecule has 292 valence electrons. The summed E-state index contributed by atoms with van der Waals surface area (Å²) in [6.07, 6.45) is -0.330. The number of esters is 2. The van der Waals surface area contributed by atoms with Crippen LogP contribution in [0.1, 0.15) is 68.8 Å². The number of nitrogens with one attached hydrogen (secondary N) is 1. The number of aliphatic hydroxyl groups excluding tert-OH is 1. The van der Waals surface area contributed by atoms with Crippen LogP contribution in [0.3, 0.4) is 0 Å². The number of likely N-dealkylation sites (N-methyl/N-ethyl adjacent to an activating group) is 1. The van der Waals surface area contributed by atoms with E-state index in [1.165, 1.54) is 21.1 Å². The van der Waals surface area contributed by atoms with Crippen LogP contribution in [0.2, 0.25) is 0 Å². The van der Waals surface area contributed by atoms with Crippen LogP contribution in [0.15, 0.2) is 18.2 Å². The molecule has 2 saturated heterocycles. The van der Waals surface area contributed by atoms with Gasteiger partial charge in [0.1, 0.15) is 18.6 Å². The normalized spacial score (nSPS) is 30.5. The largest absolute Gasteiger partial charge is 0.504 e. The fourth-order valence-corrected chi connectivity index (χ4v) is 12.3. The molecule has 2 fully saturated rings. The Balaban J connectivity index is 1.35. The lowest BCUT2D eigenvalue weighted by Gasteiger charge is -2.62. The van der Waals surface area contributed by atoms with Gasteiger partial charge in [0.15, 0.2) is 40.0 Å². The van der Waals surface area contributed by atoms with E-state index in [1.54, 1.807) is 19.1 Å². The van der Waals surface area contributed by atoms with Gasteiger partial charge in [0.25, 0.3) is 0 Å². The van der Waals surface area contributed by atoms with Gasteiger partial charge in [-0.25, -0.2) is 4.79 Å². The molecule has 4 bridgehead atoms. The number of hydrogen-bond donors (Lipinski definition) is 4. The smallest absolute Gasteiger partial charge is 0.332 e. The number of benzene rings is 3. The highest BCUT2D eigenvalue weighted by Crippen LogP contribution is 2.63. The number of phenolic OH excluding ortho intramolecular Hbond substituents is 2. The highest BCUT2D eigenvalue weighted by molar-refractivity contribution is 7.85. The maximum atomic E-state index is 15.9. The summed E-state index contributed by atoms with van der Waals surface area (Å²) in [5.74, 6) is -0.492. The molecule has 3 aromatic rings. The molecule has 0 radical (unpaired) electrons. The number of rotatable bonds is 3. The third kappa shape index (κ3) is 4.90. The topological polar surface area (TPSA) is 186 Å². The SMILES string of the molecule is COc1cc2c(cc1O)CCN[C@]21CS(=O)[C@@H]2c3c(OC(C)=O)c(C)c4c(c3[C@H](COC1=O)N1C2[C@@H]2c3c(cc(C)c(OC)c3O)C[C@H]([C@@H]1O)N2C)OCO4. The number of nitrogens with zero attached hydrogens (tertiary/aromatic N) is 2. The first-order valence-corrected chi connectivity index (χ1v) is 19.6. The standard InChI is InChI=1S/C39H43N3O12S/c1-16-9-20-10-22-37(46)42-23-13-51-38(47)39(21-12-25(49-5)24(44)11-19(21)7-8-40-39)14-55(48)36(30(42)29(41(22)4)26(20)31(45)32(16)50-6)28-27(23)35-34(52-15-53-35)17(2)33(28)54-18(3)43/h9,11-12,22-23,29-30,36-37,40,44-46H,7-8,10,13-15H2,1-6H3/t22-,23+,29+,30?,36-,37+,39-,55?/m1/s1. The van der Waals surface area contributed by atoms with Crippen LogP contribution in [0.25, 0.3) is 0 Å². The van der Waals surface area contributed by atoms with Gasteiger partial charge in [0.2, 0.25) is 6.79 Å². The van der Waals surface area contributed by atoms with Crippen molar-refractivity contribution in [1.29, 1.82) is 0 Å². The Morgan fingerprint density at radius 1 is 1.02 bits per heavy atom. The summed E-state index contributed by atoms with van der Waals surface area (Å²) in [6.45, 7) is 4.77. The summed E-state index contributed by atoms with van der Waals surface area (Å²) in [5.41, 5.74) is 2.93. The molecule has 10 rings (SSSR count). The fraction of sp³-hybridized carbons (Fsp3) is 0.487. The van der Waals surface area contributed by atoms with Crippen LogP contribution in [-0.2, 0) is 43.5 Å². The fourth-order valence-electron chi connectivity index (χ4n) is 10.2. The van der Waals surface area contributed by atoms with Crippen LogP contribution < -0.4 is 29.0 Å². The van der Waals surface area contributed by atoms with Crippen LogP contribution >= 0.6 is 0 Å². The van der Waals surface area contributed by atoms with Crippen molar-refractivity contribution in [2.75, 3.05) is 47.0 Å². The van der Waals surface area contributed by atoms with Crippen LogP contribution in [0.4, 0.5) is 0 Å². The highest BCUT2D eigenvalue weighted by atomic mass is 32.2. The minimum Gasteiger partial charge on any atom is -0.504 e. The quantitative estimate of drug-likeness (QED) is 0.224. The molecule has 3 aromatic carbocycles. The number of ether oxygens (including phenoxy) is 6. The Labute approximate surface area is 319 Å². The molecule has 0 saturated carbocycles. The number of piperazine rings is 1. The summed E-state index contributed by atoms with van der Waals surface area (Å²) in [5, 5.41) is 37.6. The van der Waals surface area contributed by atoms with Crippen molar-refractivity contribution in [3.63, 3.8) is 0 Å². The van der Waals surface area contributed by atoms with Gasteiger partial charge in [-0.05, 0) is 68.1 Å². The number of carbonyl (C=O) groups excluding carboxylic acids is 2. The molecular weight excluding hydrogens is 735 g/mol. The summed E-state index contributed by atoms with van der Waals surface area (Å²) >= 11 is 0. The van der Waals surface area contributed by atoms with Gasteiger partial charge in [0, 0.05) is 46.5 Å². The Hall–Kier alpha value is -4.61. The van der Waals surface area contributed by atoms with Crippen molar-refractivity contribution in [2.24, 2.45) is 0 Å². The number of hydrogen-bond acceptors (Lipinski definition) is 15. The van der Waals surface area contributed by atoms with Crippen molar-refractivity contribution < 1.29 is 57.5 Å². The number of carbonyl (C=O) groups is 2. The van der Waals surface area contributed by atoms with E-state index < -0.39 is 63.9 Å². The lowest BCUT2D eigenvalue weighted by Crippen LogP contribution is -2.70. The molecule has 55 heavy (non-hydrogen) atoms. The molecule has 0 aromatic heterocycles. The molecule has 4 N–H and O–H groups in total. The predicted molar refractivity (Wildman–Crippen MR) is 195 cm³/mol. The molecule has 7 aliphatic heterocycles. The minimum absolute atomic E-state index is 0.0529. The summed E-state index contributed by atoms with van der Waals surface area (Å²) in [4.78, 5) is 31.5. The molecule has 1 spiro atoms. The molecular formula is C39H43N3O12S. The van der Waals surface area contributed by atoms with Crippen molar-refractivity contribution >= 4 is 22.7 Å². The zero-order valence-electron chi connectivity index (χ0n) is 31.3. The van der Waals surface area contributed by atoms with E-state index in [1.807, 2.05) is 29.8 Å². The third-order valence-electron chi connectivity index (χ3n) is 12.4. The van der Waals surface area contributed by atoms with Crippen molar-refractivity contribution in [3.8, 4) is 40.2 Å². The van der Waals surface area contributed by atoms with Gasteiger partial charge in [0.05, 0.1) is 49.4 Å². The zero-order chi connectivity index (χ0) is 38.8. The van der Waals surface area contributed by atoms with Gasteiger partial charge in [-0.3, -0.25) is 24.1 Å². The Morgan fingerprint density at radius 3 is 2.51 bits per heavy atom. The Kier molecular flexibility index (Phi) is 8.33. The average Bonchev–Trinajstić information content (AvgIpc) is 3.64. The second-order valence-corrected chi connectivity index (χ2v) is 16.7. The number of phenols is 2. The molecule has 2 unspecified atom stereocenters. The number of aromatic hydroxyl groups is 2. The number of aliphatic hydroxyl groups is 1. The monoisotopic (exact) mass is 777 g/mol. The van der Waals surface area contributed by atoms with E-state index in [-0.39, 0.29) is 42.2 Å². The van der Waals surface area contributed by atoms with Gasteiger partial charge in [-0.1, -0.05) is 6.07 Å². The molecule has 8 atom stereocenters. The van der Waals surface area contributed by atoms with E-state index in [4.69, 9.17) is 28.4 Å². The Bertz CT molecular complexity index is 2210. The van der Waals surface area contributed by atoms with Crippen molar-refractivity contribution in [3.05, 3.63) is 62.7 Å². The van der Waals surface area contributed by atoms with Crippen LogP contribution in [0, 0.1) is 13.8 Å². The molecule has 7 heterocycles. The molecule has 0 aliphatic carbocycles. The van der Waals surface area contributed by atoms with Gasteiger partial charge in [-0.15, -0.1) is 0 Å².